The number of unbranched alkanes of at least 4 members (excludes halogenated alkanes) is 2. The Morgan fingerprint density at radius 1 is 1.20 bits per heavy atom. The molecule has 112 valence electrons. The second-order valence-corrected chi connectivity index (χ2v) is 5.88. The van der Waals surface area contributed by atoms with Gasteiger partial charge in [-0.1, -0.05) is 32.8 Å². The Bertz CT molecular complexity index is 430. The maximum Gasteiger partial charge on any atom is 0.283 e. The van der Waals surface area contributed by atoms with Crippen molar-refractivity contribution in [3.05, 3.63) is 38.3 Å². The van der Waals surface area contributed by atoms with Crippen LogP contribution in [0.15, 0.2) is 22.7 Å². The minimum absolute atomic E-state index is 0.147. The van der Waals surface area contributed by atoms with E-state index in [1.165, 1.54) is 25.7 Å². The molecular weight excluding hydrogens is 320 g/mol. The summed E-state index contributed by atoms with van der Waals surface area (Å²) < 4.78 is 0.542. The lowest BCUT2D eigenvalue weighted by molar-refractivity contribution is -0.385. The zero-order chi connectivity index (χ0) is 15.0. The minimum Gasteiger partial charge on any atom is -0.299 e. The minimum atomic E-state index is -0.337. The second-order valence-electron chi connectivity index (χ2n) is 5.03. The van der Waals surface area contributed by atoms with Crippen LogP contribution < -0.4 is 0 Å². The molecule has 5 heteroatoms. The largest absolute Gasteiger partial charge is 0.299 e. The van der Waals surface area contributed by atoms with Crippen LogP contribution in [0.2, 0.25) is 0 Å². The highest BCUT2D eigenvalue weighted by Gasteiger charge is 2.13. The first-order chi connectivity index (χ1) is 9.58. The lowest BCUT2D eigenvalue weighted by Crippen LogP contribution is -2.25. The van der Waals surface area contributed by atoms with Crippen LogP contribution in [0.3, 0.4) is 0 Å². The maximum absolute atomic E-state index is 11.0. The number of hydrogen-bond donors (Lipinski definition) is 0. The summed E-state index contributed by atoms with van der Waals surface area (Å²) in [5.41, 5.74) is 1.15. The number of rotatable bonds is 9. The van der Waals surface area contributed by atoms with Crippen molar-refractivity contribution in [1.29, 1.82) is 0 Å². The van der Waals surface area contributed by atoms with Crippen molar-refractivity contribution in [2.75, 3.05) is 13.1 Å². The van der Waals surface area contributed by atoms with Gasteiger partial charge in [0.15, 0.2) is 0 Å². The van der Waals surface area contributed by atoms with Crippen LogP contribution >= 0.6 is 15.9 Å². The Kier molecular flexibility index (Phi) is 7.77. The highest BCUT2D eigenvalue weighted by atomic mass is 79.9. The molecule has 1 aromatic rings. The van der Waals surface area contributed by atoms with Gasteiger partial charge >= 0.3 is 0 Å². The Morgan fingerprint density at radius 2 is 1.80 bits per heavy atom. The third-order valence-electron chi connectivity index (χ3n) is 3.27. The molecule has 0 saturated carbocycles. The van der Waals surface area contributed by atoms with Crippen LogP contribution in [0, 0.1) is 10.1 Å². The van der Waals surface area contributed by atoms with E-state index >= 15 is 0 Å². The first kappa shape index (κ1) is 17.1. The number of halogens is 1. The van der Waals surface area contributed by atoms with E-state index < -0.39 is 0 Å². The quantitative estimate of drug-likeness (QED) is 0.480. The zero-order valence-electron chi connectivity index (χ0n) is 12.3. The van der Waals surface area contributed by atoms with Crippen molar-refractivity contribution in [3.8, 4) is 0 Å². The Hall–Kier alpha value is -0.940. The Balaban J connectivity index is 2.76. The summed E-state index contributed by atoms with van der Waals surface area (Å²) in [6, 6.07) is 5.40. The predicted molar refractivity (Wildman–Crippen MR) is 85.9 cm³/mol. The van der Waals surface area contributed by atoms with Gasteiger partial charge in [0.25, 0.3) is 5.69 Å². The van der Waals surface area contributed by atoms with E-state index in [9.17, 15) is 10.1 Å². The third kappa shape index (κ3) is 5.59. The van der Waals surface area contributed by atoms with Gasteiger partial charge in [-0.25, -0.2) is 0 Å². The number of hydrogen-bond acceptors (Lipinski definition) is 3. The summed E-state index contributed by atoms with van der Waals surface area (Å²) in [6.45, 7) is 7.26. The summed E-state index contributed by atoms with van der Waals surface area (Å²) in [5, 5.41) is 11.0. The van der Waals surface area contributed by atoms with Crippen molar-refractivity contribution in [3.63, 3.8) is 0 Å². The lowest BCUT2D eigenvalue weighted by Gasteiger charge is -2.22. The normalized spacial score (nSPS) is 11.0. The van der Waals surface area contributed by atoms with Crippen molar-refractivity contribution in [2.24, 2.45) is 0 Å². The molecule has 0 fully saturated rings. The second kappa shape index (κ2) is 9.08. The zero-order valence-corrected chi connectivity index (χ0v) is 13.9. The van der Waals surface area contributed by atoms with Crippen molar-refractivity contribution >= 4 is 21.6 Å². The van der Waals surface area contributed by atoms with Crippen LogP contribution in [0.5, 0.6) is 0 Å². The van der Waals surface area contributed by atoms with Gasteiger partial charge in [-0.3, -0.25) is 15.0 Å². The lowest BCUT2D eigenvalue weighted by atomic mass is 10.1. The van der Waals surface area contributed by atoms with Gasteiger partial charge in [-0.2, -0.15) is 0 Å². The van der Waals surface area contributed by atoms with Crippen LogP contribution in [0.25, 0.3) is 0 Å². The topological polar surface area (TPSA) is 46.4 Å². The number of benzene rings is 1. The van der Waals surface area contributed by atoms with Gasteiger partial charge in [0.05, 0.1) is 9.40 Å². The van der Waals surface area contributed by atoms with Gasteiger partial charge in [0.2, 0.25) is 0 Å². The molecule has 0 unspecified atom stereocenters. The molecular formula is C15H23BrN2O2. The molecule has 20 heavy (non-hydrogen) atoms. The first-order valence-corrected chi connectivity index (χ1v) is 8.03. The van der Waals surface area contributed by atoms with Crippen molar-refractivity contribution < 1.29 is 4.92 Å². The summed E-state index contributed by atoms with van der Waals surface area (Å²) in [7, 11) is 0. The van der Waals surface area contributed by atoms with Gasteiger partial charge < -0.3 is 0 Å². The summed E-state index contributed by atoms with van der Waals surface area (Å²) in [5.74, 6) is 0. The van der Waals surface area contributed by atoms with E-state index in [0.29, 0.717) is 4.47 Å². The third-order valence-corrected chi connectivity index (χ3v) is 3.94. The van der Waals surface area contributed by atoms with Gasteiger partial charge in [0.1, 0.15) is 0 Å². The van der Waals surface area contributed by atoms with E-state index in [-0.39, 0.29) is 10.6 Å². The molecule has 0 amide bonds. The van der Waals surface area contributed by atoms with E-state index in [1.54, 1.807) is 12.1 Å². The molecule has 0 radical (unpaired) electrons. The van der Waals surface area contributed by atoms with Crippen LogP contribution in [0.1, 0.15) is 45.1 Å². The van der Waals surface area contributed by atoms with Crippen molar-refractivity contribution in [1.82, 2.24) is 4.90 Å². The van der Waals surface area contributed by atoms with E-state index in [1.807, 2.05) is 6.07 Å². The molecule has 0 heterocycles. The van der Waals surface area contributed by atoms with E-state index in [2.05, 4.69) is 34.7 Å². The number of nitrogens with zero attached hydrogens (tertiary/aromatic N) is 2. The maximum atomic E-state index is 11.0. The Morgan fingerprint density at radius 3 is 2.30 bits per heavy atom. The fourth-order valence-corrected chi connectivity index (χ4v) is 2.48. The van der Waals surface area contributed by atoms with Gasteiger partial charge in [0, 0.05) is 12.6 Å². The predicted octanol–water partition coefficient (Wildman–Crippen LogP) is 4.76. The molecule has 0 aliphatic rings. The van der Waals surface area contributed by atoms with Crippen LogP contribution in [-0.4, -0.2) is 22.9 Å². The molecule has 1 aromatic carbocycles. The van der Waals surface area contributed by atoms with E-state index in [0.717, 1.165) is 25.2 Å². The molecule has 0 atom stereocenters. The molecule has 0 bridgehead atoms. The average Bonchev–Trinajstić information content (AvgIpc) is 2.43. The summed E-state index contributed by atoms with van der Waals surface area (Å²) >= 11 is 3.23. The molecule has 0 saturated heterocycles. The highest BCUT2D eigenvalue weighted by Crippen LogP contribution is 2.26. The fourth-order valence-electron chi connectivity index (χ4n) is 2.09. The number of nitro benzene ring substituents is 1. The fraction of sp³-hybridized carbons (Fsp3) is 0.600. The first-order valence-electron chi connectivity index (χ1n) is 7.23. The molecule has 0 aliphatic carbocycles. The molecule has 0 N–H and O–H groups in total. The molecule has 0 aromatic heterocycles. The average molecular weight is 343 g/mol. The summed E-state index contributed by atoms with van der Waals surface area (Å²) in [4.78, 5) is 13.0. The smallest absolute Gasteiger partial charge is 0.283 e. The highest BCUT2D eigenvalue weighted by molar-refractivity contribution is 9.10. The van der Waals surface area contributed by atoms with E-state index in [4.69, 9.17) is 0 Å². The van der Waals surface area contributed by atoms with Crippen LogP contribution in [0.4, 0.5) is 5.69 Å². The molecule has 1 rings (SSSR count). The molecule has 0 spiro atoms. The van der Waals surface area contributed by atoms with Crippen molar-refractivity contribution in [2.45, 2.75) is 46.1 Å². The molecule has 0 aliphatic heterocycles. The standard InChI is InChI=1S/C15H23BrN2O2/c1-3-5-9-17(10-6-4-2)12-13-7-8-14(16)15(11-13)18(19)20/h7-8,11H,3-6,9-10,12H2,1-2H3. The summed E-state index contributed by atoms with van der Waals surface area (Å²) in [6.07, 6.45) is 4.68. The van der Waals surface area contributed by atoms with Crippen LogP contribution in [-0.2, 0) is 6.54 Å². The molecule has 4 nitrogen and oxygen atoms in total. The van der Waals surface area contributed by atoms with Gasteiger partial charge in [-0.05, 0) is 53.5 Å². The SMILES string of the molecule is CCCCN(CCCC)Cc1ccc(Br)c([N+](=O)[O-])c1. The monoisotopic (exact) mass is 342 g/mol. The number of nitro groups is 1. The van der Waals surface area contributed by atoms with Gasteiger partial charge in [-0.15, -0.1) is 0 Å². The Labute approximate surface area is 129 Å².